The number of aliphatic hydroxyl groups excluding tert-OH is 1. The van der Waals surface area contributed by atoms with Crippen LogP contribution in [-0.4, -0.2) is 37.8 Å². The fourth-order valence-electron chi connectivity index (χ4n) is 3.50. The monoisotopic (exact) mass is 430 g/mol. The summed E-state index contributed by atoms with van der Waals surface area (Å²) in [7, 11) is 0. The first-order chi connectivity index (χ1) is 15.5. The number of hydrogen-bond donors (Lipinski definition) is 3. The van der Waals surface area contributed by atoms with Crippen molar-refractivity contribution in [2.75, 3.05) is 11.9 Å². The molecule has 1 atom stereocenters. The van der Waals surface area contributed by atoms with E-state index in [9.17, 15) is 9.90 Å². The van der Waals surface area contributed by atoms with Crippen molar-refractivity contribution in [2.24, 2.45) is 5.73 Å². The molecule has 4 N–H and O–H groups in total. The van der Waals surface area contributed by atoms with Gasteiger partial charge in [0.2, 0.25) is 18.2 Å². The van der Waals surface area contributed by atoms with Gasteiger partial charge in [0.05, 0.1) is 17.9 Å². The first-order valence-electron chi connectivity index (χ1n) is 10.0. The van der Waals surface area contributed by atoms with Crippen LogP contribution in [0.25, 0.3) is 11.5 Å². The zero-order valence-corrected chi connectivity index (χ0v) is 17.4. The van der Waals surface area contributed by atoms with E-state index >= 15 is 0 Å². The molecule has 4 rings (SSSR count). The standard InChI is InChI=1S/C23H22N6O3/c1-14-9-17(7-8-18(14)21(24)31)27-23-25-11-19(22-29-26-13-32-22)20(28-23)10-16(12-30)15-5-3-2-4-6-15/h2-9,11,13,16,30H,10,12H2,1H3,(H2,24,31)(H,25,27,28)/t16-/m1/s1. The summed E-state index contributed by atoms with van der Waals surface area (Å²) in [5.74, 6) is 0.0161. The van der Waals surface area contributed by atoms with Gasteiger partial charge in [0.25, 0.3) is 5.89 Å². The minimum Gasteiger partial charge on any atom is -0.423 e. The van der Waals surface area contributed by atoms with Gasteiger partial charge in [-0.3, -0.25) is 4.79 Å². The highest BCUT2D eigenvalue weighted by Gasteiger charge is 2.19. The number of hydrogen-bond acceptors (Lipinski definition) is 8. The number of aryl methyl sites for hydroxylation is 1. The zero-order valence-electron chi connectivity index (χ0n) is 17.4. The Kier molecular flexibility index (Phi) is 6.18. The summed E-state index contributed by atoms with van der Waals surface area (Å²) in [5, 5.41) is 20.9. The number of anilines is 2. The third-order valence-corrected chi connectivity index (χ3v) is 5.14. The fourth-order valence-corrected chi connectivity index (χ4v) is 3.50. The normalized spacial score (nSPS) is 11.8. The van der Waals surface area contributed by atoms with Gasteiger partial charge in [-0.05, 0) is 42.7 Å². The van der Waals surface area contributed by atoms with Crippen LogP contribution in [0.3, 0.4) is 0 Å². The van der Waals surface area contributed by atoms with E-state index in [2.05, 4.69) is 25.5 Å². The van der Waals surface area contributed by atoms with E-state index in [1.54, 1.807) is 24.4 Å². The molecule has 0 fully saturated rings. The molecule has 0 aliphatic carbocycles. The second kappa shape index (κ2) is 9.36. The van der Waals surface area contributed by atoms with Gasteiger partial charge in [-0.1, -0.05) is 30.3 Å². The van der Waals surface area contributed by atoms with E-state index in [1.165, 1.54) is 6.39 Å². The number of carbonyl (C=O) groups is 1. The SMILES string of the molecule is Cc1cc(Nc2ncc(-c3nnco3)c(C[C@H](CO)c3ccccc3)n2)ccc1C(N)=O. The van der Waals surface area contributed by atoms with Crippen molar-refractivity contribution < 1.29 is 14.3 Å². The summed E-state index contributed by atoms with van der Waals surface area (Å²) in [4.78, 5) is 20.5. The molecule has 0 bridgehead atoms. The van der Waals surface area contributed by atoms with Crippen LogP contribution < -0.4 is 11.1 Å². The maximum absolute atomic E-state index is 11.5. The molecular weight excluding hydrogens is 408 g/mol. The molecule has 2 aromatic heterocycles. The molecule has 1 amide bonds. The van der Waals surface area contributed by atoms with Gasteiger partial charge in [-0.25, -0.2) is 9.97 Å². The molecule has 9 nitrogen and oxygen atoms in total. The molecule has 32 heavy (non-hydrogen) atoms. The van der Waals surface area contributed by atoms with E-state index in [0.717, 1.165) is 11.1 Å². The van der Waals surface area contributed by atoms with Crippen LogP contribution in [-0.2, 0) is 6.42 Å². The minimum absolute atomic E-state index is 0.0478. The van der Waals surface area contributed by atoms with Crippen molar-refractivity contribution in [1.82, 2.24) is 20.2 Å². The van der Waals surface area contributed by atoms with Gasteiger partial charge in [-0.15, -0.1) is 10.2 Å². The third kappa shape index (κ3) is 4.62. The van der Waals surface area contributed by atoms with Crippen LogP contribution in [0.2, 0.25) is 0 Å². The molecule has 4 aromatic rings. The van der Waals surface area contributed by atoms with Crippen molar-refractivity contribution in [3.05, 3.63) is 83.5 Å². The Balaban J connectivity index is 1.67. The Morgan fingerprint density at radius 3 is 2.69 bits per heavy atom. The number of nitrogens with zero attached hydrogens (tertiary/aromatic N) is 4. The molecule has 0 spiro atoms. The first-order valence-corrected chi connectivity index (χ1v) is 10.0. The Morgan fingerprint density at radius 1 is 1.22 bits per heavy atom. The maximum atomic E-state index is 11.5. The molecular formula is C23H22N6O3. The summed E-state index contributed by atoms with van der Waals surface area (Å²) in [6.45, 7) is 1.76. The highest BCUT2D eigenvalue weighted by molar-refractivity contribution is 5.94. The Labute approximate surface area is 184 Å². The lowest BCUT2D eigenvalue weighted by Crippen LogP contribution is -2.13. The number of rotatable bonds is 8. The average molecular weight is 430 g/mol. The van der Waals surface area contributed by atoms with Crippen LogP contribution in [0.4, 0.5) is 11.6 Å². The largest absolute Gasteiger partial charge is 0.423 e. The number of amides is 1. The van der Waals surface area contributed by atoms with Crippen LogP contribution in [0.5, 0.6) is 0 Å². The van der Waals surface area contributed by atoms with Crippen molar-refractivity contribution in [2.45, 2.75) is 19.3 Å². The van der Waals surface area contributed by atoms with Gasteiger partial charge in [0.1, 0.15) is 0 Å². The molecule has 0 saturated carbocycles. The zero-order chi connectivity index (χ0) is 22.5. The van der Waals surface area contributed by atoms with Crippen LogP contribution in [0.15, 0.2) is 65.5 Å². The summed E-state index contributed by atoms with van der Waals surface area (Å²) in [6.07, 6.45) is 3.30. The Hall–Kier alpha value is -4.11. The number of benzene rings is 2. The van der Waals surface area contributed by atoms with Crippen LogP contribution in [0.1, 0.15) is 33.1 Å². The van der Waals surface area contributed by atoms with Crippen LogP contribution in [0, 0.1) is 6.92 Å². The van der Waals surface area contributed by atoms with Crippen molar-refractivity contribution in [1.29, 1.82) is 0 Å². The van der Waals surface area contributed by atoms with E-state index in [1.807, 2.05) is 37.3 Å². The number of aromatic nitrogens is 4. The summed E-state index contributed by atoms with van der Waals surface area (Å²) >= 11 is 0. The fraction of sp³-hybridized carbons (Fsp3) is 0.174. The quantitative estimate of drug-likeness (QED) is 0.387. The number of carbonyl (C=O) groups excluding carboxylic acids is 1. The number of aliphatic hydroxyl groups is 1. The summed E-state index contributed by atoms with van der Waals surface area (Å²) in [5.41, 5.74) is 9.55. The molecule has 0 aliphatic heterocycles. The molecule has 9 heteroatoms. The van der Waals surface area contributed by atoms with E-state index < -0.39 is 5.91 Å². The van der Waals surface area contributed by atoms with Gasteiger partial charge < -0.3 is 20.6 Å². The molecule has 2 aromatic carbocycles. The maximum Gasteiger partial charge on any atom is 0.250 e. The van der Waals surface area contributed by atoms with Crippen molar-refractivity contribution >= 4 is 17.5 Å². The van der Waals surface area contributed by atoms with Gasteiger partial charge in [-0.2, -0.15) is 0 Å². The van der Waals surface area contributed by atoms with Crippen LogP contribution >= 0.6 is 0 Å². The minimum atomic E-state index is -0.479. The van der Waals surface area contributed by atoms with E-state index in [-0.39, 0.29) is 12.5 Å². The van der Waals surface area contributed by atoms with Crippen molar-refractivity contribution in [3.8, 4) is 11.5 Å². The highest BCUT2D eigenvalue weighted by atomic mass is 16.4. The van der Waals surface area contributed by atoms with E-state index in [0.29, 0.717) is 40.8 Å². The molecule has 0 aliphatic rings. The predicted octanol–water partition coefficient (Wildman–Crippen LogP) is 3.00. The van der Waals surface area contributed by atoms with Gasteiger partial charge in [0.15, 0.2) is 0 Å². The topological polar surface area (TPSA) is 140 Å². The summed E-state index contributed by atoms with van der Waals surface area (Å²) in [6, 6.07) is 14.9. The number of nitrogens with two attached hydrogens (primary N) is 1. The van der Waals surface area contributed by atoms with E-state index in [4.69, 9.17) is 10.2 Å². The van der Waals surface area contributed by atoms with Gasteiger partial charge >= 0.3 is 0 Å². The smallest absolute Gasteiger partial charge is 0.250 e. The molecule has 0 unspecified atom stereocenters. The van der Waals surface area contributed by atoms with Crippen molar-refractivity contribution in [3.63, 3.8) is 0 Å². The lowest BCUT2D eigenvalue weighted by Gasteiger charge is -2.16. The van der Waals surface area contributed by atoms with Gasteiger partial charge in [0, 0.05) is 23.4 Å². The third-order valence-electron chi connectivity index (χ3n) is 5.14. The second-order valence-electron chi connectivity index (χ2n) is 7.31. The summed E-state index contributed by atoms with van der Waals surface area (Å²) < 4.78 is 5.36. The predicted molar refractivity (Wildman–Crippen MR) is 118 cm³/mol. The highest BCUT2D eigenvalue weighted by Crippen LogP contribution is 2.28. The first kappa shape index (κ1) is 21.1. The molecule has 0 saturated heterocycles. The Bertz CT molecular complexity index is 1210. The molecule has 162 valence electrons. The Morgan fingerprint density at radius 2 is 2.03 bits per heavy atom. The second-order valence-corrected chi connectivity index (χ2v) is 7.31. The molecule has 0 radical (unpaired) electrons. The molecule has 2 heterocycles. The average Bonchev–Trinajstić information content (AvgIpc) is 3.33. The lowest BCUT2D eigenvalue weighted by atomic mass is 9.93. The lowest BCUT2D eigenvalue weighted by molar-refractivity contribution is 0.0999. The number of primary amides is 1. The number of nitrogens with one attached hydrogen (secondary N) is 1.